The number of anilines is 1. The first-order valence-electron chi connectivity index (χ1n) is 11.0. The van der Waals surface area contributed by atoms with Gasteiger partial charge in [-0.1, -0.05) is 48.0 Å². The molecule has 1 N–H and O–H groups in total. The second-order valence-electron chi connectivity index (χ2n) is 8.82. The van der Waals surface area contributed by atoms with Gasteiger partial charge < -0.3 is 10.2 Å². The fourth-order valence-electron chi connectivity index (χ4n) is 4.13. The van der Waals surface area contributed by atoms with Crippen molar-refractivity contribution >= 4 is 23.2 Å². The number of carbonyl (C=O) groups is 1. The molecule has 34 heavy (non-hydrogen) atoms. The fraction of sp³-hybridized carbons (Fsp3) is 0.308. The summed E-state index contributed by atoms with van der Waals surface area (Å²) in [4.78, 5) is 19.0. The summed E-state index contributed by atoms with van der Waals surface area (Å²) in [6.45, 7) is 0. The van der Waals surface area contributed by atoms with Gasteiger partial charge in [0.15, 0.2) is 0 Å². The van der Waals surface area contributed by atoms with Gasteiger partial charge in [-0.2, -0.15) is 13.2 Å². The Balaban J connectivity index is 1.96. The average Bonchev–Trinajstić information content (AvgIpc) is 3.64. The zero-order valence-electron chi connectivity index (χ0n) is 18.9. The van der Waals surface area contributed by atoms with E-state index in [0.29, 0.717) is 16.3 Å². The molecule has 0 aliphatic heterocycles. The molecule has 1 fully saturated rings. The van der Waals surface area contributed by atoms with Crippen molar-refractivity contribution in [2.75, 3.05) is 19.0 Å². The molecule has 178 valence electrons. The third kappa shape index (κ3) is 5.04. The average molecular weight is 488 g/mol. The van der Waals surface area contributed by atoms with Crippen molar-refractivity contribution < 1.29 is 18.0 Å². The van der Waals surface area contributed by atoms with Crippen LogP contribution in [0, 0.1) is 5.92 Å². The molecule has 4 nitrogen and oxygen atoms in total. The third-order valence-electron chi connectivity index (χ3n) is 6.04. The molecule has 0 bridgehead atoms. The molecule has 0 saturated heterocycles. The minimum atomic E-state index is -4.58. The Bertz CT molecular complexity index is 1160. The monoisotopic (exact) mass is 487 g/mol. The van der Waals surface area contributed by atoms with Crippen molar-refractivity contribution in [1.82, 2.24) is 10.3 Å². The Morgan fingerprint density at radius 3 is 2.35 bits per heavy atom. The molecule has 2 aromatic carbocycles. The summed E-state index contributed by atoms with van der Waals surface area (Å²) in [5.41, 5.74) is -0.486. The predicted molar refractivity (Wildman–Crippen MR) is 127 cm³/mol. The van der Waals surface area contributed by atoms with Gasteiger partial charge in [0.25, 0.3) is 0 Å². The van der Waals surface area contributed by atoms with E-state index in [1.165, 1.54) is 17.2 Å². The van der Waals surface area contributed by atoms with E-state index in [0.717, 1.165) is 24.5 Å². The summed E-state index contributed by atoms with van der Waals surface area (Å²) >= 11 is 6.07. The molecule has 3 aromatic rings. The first-order chi connectivity index (χ1) is 16.1. The Hall–Kier alpha value is -3.06. The lowest BCUT2D eigenvalue weighted by Crippen LogP contribution is -2.50. The Morgan fingerprint density at radius 1 is 1.09 bits per heavy atom. The number of aromatic nitrogens is 1. The van der Waals surface area contributed by atoms with E-state index < -0.39 is 17.3 Å². The molecule has 1 atom stereocenters. The number of alkyl halides is 3. The summed E-state index contributed by atoms with van der Waals surface area (Å²) in [6, 6.07) is 16.8. The van der Waals surface area contributed by atoms with Crippen molar-refractivity contribution in [3.63, 3.8) is 0 Å². The minimum Gasteiger partial charge on any atom is -0.377 e. The topological polar surface area (TPSA) is 45.2 Å². The van der Waals surface area contributed by atoms with E-state index in [9.17, 15) is 18.0 Å². The predicted octanol–water partition coefficient (Wildman–Crippen LogP) is 5.83. The zero-order chi connectivity index (χ0) is 24.5. The number of hydrogen-bond acceptors (Lipinski definition) is 3. The van der Waals surface area contributed by atoms with Gasteiger partial charge in [-0.15, -0.1) is 0 Å². The molecule has 1 unspecified atom stereocenters. The molecule has 1 aliphatic carbocycles. The minimum absolute atomic E-state index is 0.0439. The number of hydrogen-bond donors (Lipinski definition) is 1. The van der Waals surface area contributed by atoms with E-state index >= 15 is 0 Å². The second-order valence-corrected chi connectivity index (χ2v) is 9.25. The van der Waals surface area contributed by atoms with Crippen LogP contribution in [-0.2, 0) is 22.9 Å². The van der Waals surface area contributed by atoms with E-state index in [1.54, 1.807) is 32.3 Å². The molecule has 8 heteroatoms. The number of nitrogens with one attached hydrogen (secondary N) is 1. The lowest BCUT2D eigenvalue weighted by Gasteiger charge is -2.36. The van der Waals surface area contributed by atoms with Crippen LogP contribution in [0.5, 0.6) is 0 Å². The number of nitrogens with zero attached hydrogens (tertiary/aromatic N) is 2. The normalized spacial score (nSPS) is 15.5. The standard InChI is InChI=1S/C26H25ClF3N3O/c1-33(2)22-12-10-19(14-21(22)26(28,29)30)25(32-24(34)18-8-9-18,15-17-6-4-3-5-7-17)23-13-11-20(27)16-31-23/h3-7,10-14,16,18H,8-9,15H2,1-2H3,(H,32,34). The van der Waals surface area contributed by atoms with Crippen LogP contribution in [0.15, 0.2) is 66.9 Å². The van der Waals surface area contributed by atoms with Gasteiger partial charge in [0.2, 0.25) is 5.91 Å². The van der Waals surface area contributed by atoms with Gasteiger partial charge in [-0.3, -0.25) is 9.78 Å². The highest BCUT2D eigenvalue weighted by atomic mass is 35.5. The van der Waals surface area contributed by atoms with Crippen LogP contribution in [0.25, 0.3) is 0 Å². The maximum Gasteiger partial charge on any atom is 0.418 e. The third-order valence-corrected chi connectivity index (χ3v) is 6.26. The fourth-order valence-corrected chi connectivity index (χ4v) is 4.24. The van der Waals surface area contributed by atoms with Crippen molar-refractivity contribution in [3.05, 3.63) is 94.3 Å². The van der Waals surface area contributed by atoms with E-state index in [-0.39, 0.29) is 23.9 Å². The number of pyridine rings is 1. The molecule has 1 heterocycles. The molecule has 0 radical (unpaired) electrons. The second kappa shape index (κ2) is 9.29. The highest BCUT2D eigenvalue weighted by Crippen LogP contribution is 2.42. The summed E-state index contributed by atoms with van der Waals surface area (Å²) in [5.74, 6) is -0.344. The van der Waals surface area contributed by atoms with E-state index in [1.807, 2.05) is 30.3 Å². The van der Waals surface area contributed by atoms with Crippen LogP contribution in [0.3, 0.4) is 0 Å². The summed E-state index contributed by atoms with van der Waals surface area (Å²) in [6.07, 6.45) is -1.40. The smallest absolute Gasteiger partial charge is 0.377 e. The van der Waals surface area contributed by atoms with Gasteiger partial charge in [-0.05, 0) is 48.2 Å². The maximum atomic E-state index is 14.1. The van der Waals surface area contributed by atoms with Crippen LogP contribution in [0.2, 0.25) is 5.02 Å². The number of rotatable bonds is 7. The molecule has 1 aliphatic rings. The quantitative estimate of drug-likeness (QED) is 0.456. The Morgan fingerprint density at radius 2 is 1.79 bits per heavy atom. The Labute approximate surface area is 201 Å². The number of amides is 1. The molecular formula is C26H25ClF3N3O. The molecule has 4 rings (SSSR count). The van der Waals surface area contributed by atoms with E-state index in [2.05, 4.69) is 10.3 Å². The zero-order valence-corrected chi connectivity index (χ0v) is 19.6. The van der Waals surface area contributed by atoms with Gasteiger partial charge in [0.05, 0.1) is 16.3 Å². The van der Waals surface area contributed by atoms with Crippen LogP contribution in [-0.4, -0.2) is 25.0 Å². The highest BCUT2D eigenvalue weighted by molar-refractivity contribution is 6.30. The van der Waals surface area contributed by atoms with Gasteiger partial charge in [0, 0.05) is 38.3 Å². The van der Waals surface area contributed by atoms with Gasteiger partial charge in [-0.25, -0.2) is 0 Å². The lowest BCUT2D eigenvalue weighted by molar-refractivity contribution is -0.137. The molecular weight excluding hydrogens is 463 g/mol. The summed E-state index contributed by atoms with van der Waals surface area (Å²) in [5, 5.41) is 3.49. The number of halogens is 4. The molecule has 1 saturated carbocycles. The van der Waals surface area contributed by atoms with Gasteiger partial charge in [0.1, 0.15) is 5.54 Å². The molecule has 1 aromatic heterocycles. The molecule has 0 spiro atoms. The van der Waals surface area contributed by atoms with Crippen LogP contribution in [0.1, 0.15) is 35.2 Å². The largest absolute Gasteiger partial charge is 0.418 e. The van der Waals surface area contributed by atoms with Crippen molar-refractivity contribution in [1.29, 1.82) is 0 Å². The van der Waals surface area contributed by atoms with Crippen LogP contribution in [0.4, 0.5) is 18.9 Å². The summed E-state index contributed by atoms with van der Waals surface area (Å²) in [7, 11) is 3.13. The Kier molecular flexibility index (Phi) is 6.58. The SMILES string of the molecule is CN(C)c1ccc(C(Cc2ccccc2)(NC(=O)C2CC2)c2ccc(Cl)cn2)cc1C(F)(F)F. The van der Waals surface area contributed by atoms with Crippen LogP contribution >= 0.6 is 11.6 Å². The highest BCUT2D eigenvalue weighted by Gasteiger charge is 2.43. The van der Waals surface area contributed by atoms with Crippen molar-refractivity contribution in [3.8, 4) is 0 Å². The first kappa shape index (κ1) is 24.1. The van der Waals surface area contributed by atoms with E-state index in [4.69, 9.17) is 11.6 Å². The van der Waals surface area contributed by atoms with Crippen molar-refractivity contribution in [2.45, 2.75) is 31.0 Å². The van der Waals surface area contributed by atoms with Gasteiger partial charge >= 0.3 is 6.18 Å². The number of benzene rings is 2. The number of carbonyl (C=O) groups excluding carboxylic acids is 1. The lowest BCUT2D eigenvalue weighted by atomic mass is 9.79. The first-order valence-corrected chi connectivity index (χ1v) is 11.3. The van der Waals surface area contributed by atoms with Crippen molar-refractivity contribution in [2.24, 2.45) is 5.92 Å². The summed E-state index contributed by atoms with van der Waals surface area (Å²) < 4.78 is 42.3. The van der Waals surface area contributed by atoms with Crippen LogP contribution < -0.4 is 10.2 Å². The molecule has 1 amide bonds. The maximum absolute atomic E-state index is 14.1.